The Hall–Kier alpha value is -1.77. The molecule has 0 unspecified atom stereocenters. The van der Waals surface area contributed by atoms with E-state index in [1.54, 1.807) is 20.8 Å². The molecule has 0 aromatic carbocycles. The van der Waals surface area contributed by atoms with Crippen molar-refractivity contribution < 1.29 is 23.9 Å². The van der Waals surface area contributed by atoms with Crippen molar-refractivity contribution >= 4 is 34.8 Å². The average molecular weight is 400 g/mol. The van der Waals surface area contributed by atoms with E-state index in [0.717, 1.165) is 11.8 Å². The van der Waals surface area contributed by atoms with E-state index < -0.39 is 23.8 Å². The second-order valence-corrected chi connectivity index (χ2v) is 9.40. The first-order valence-corrected chi connectivity index (χ1v) is 10.1. The Bertz CT molecular complexity index is 619. The van der Waals surface area contributed by atoms with Gasteiger partial charge in [0, 0.05) is 32.3 Å². The third-order valence-corrected chi connectivity index (χ3v) is 5.60. The summed E-state index contributed by atoms with van der Waals surface area (Å²) in [5, 5.41) is 2.43. The summed E-state index contributed by atoms with van der Waals surface area (Å²) in [4.78, 5) is 52.4. The lowest BCUT2D eigenvalue weighted by Gasteiger charge is -2.32. The monoisotopic (exact) mass is 399 g/mol. The number of nitrogens with zero attached hydrogens (tertiary/aromatic N) is 2. The fourth-order valence-electron chi connectivity index (χ4n) is 3.53. The molecule has 0 radical (unpaired) electrons. The number of thioether (sulfide) groups is 1. The number of hydrogen-bond acceptors (Lipinski definition) is 6. The van der Waals surface area contributed by atoms with Crippen molar-refractivity contribution in [2.75, 3.05) is 20.1 Å². The molecule has 3 amide bonds. The van der Waals surface area contributed by atoms with Crippen molar-refractivity contribution in [3.63, 3.8) is 0 Å². The summed E-state index contributed by atoms with van der Waals surface area (Å²) in [5.41, 5.74) is -0.644. The molecule has 8 nitrogen and oxygen atoms in total. The number of nitrogens with one attached hydrogen (secondary N) is 1. The van der Waals surface area contributed by atoms with E-state index in [9.17, 15) is 19.2 Å². The van der Waals surface area contributed by atoms with Crippen molar-refractivity contribution in [1.29, 1.82) is 0 Å². The number of likely N-dealkylation sites (tertiary alicyclic amines) is 2. The highest BCUT2D eigenvalue weighted by Crippen LogP contribution is 2.31. The van der Waals surface area contributed by atoms with Crippen molar-refractivity contribution in [3.05, 3.63) is 0 Å². The summed E-state index contributed by atoms with van der Waals surface area (Å²) in [6.07, 6.45) is 1.16. The first kappa shape index (κ1) is 21.5. The molecule has 1 N–H and O–H groups in total. The molecular weight excluding hydrogens is 370 g/mol. The number of amides is 3. The highest BCUT2D eigenvalue weighted by molar-refractivity contribution is 8.14. The normalized spacial score (nSPS) is 25.4. The van der Waals surface area contributed by atoms with Crippen LogP contribution in [0.2, 0.25) is 0 Å². The maximum Gasteiger partial charge on any atom is 0.410 e. The zero-order valence-electron chi connectivity index (χ0n) is 16.6. The molecule has 0 bridgehead atoms. The van der Waals surface area contributed by atoms with Gasteiger partial charge in [-0.1, -0.05) is 11.8 Å². The van der Waals surface area contributed by atoms with Gasteiger partial charge in [0.15, 0.2) is 5.12 Å². The van der Waals surface area contributed by atoms with Crippen LogP contribution in [-0.4, -0.2) is 75.9 Å². The number of carbonyl (C=O) groups is 4. The van der Waals surface area contributed by atoms with E-state index in [0.29, 0.717) is 32.4 Å². The fourth-order valence-corrected chi connectivity index (χ4v) is 4.51. The topological polar surface area (TPSA) is 96.0 Å². The third-order valence-electron chi connectivity index (χ3n) is 4.59. The summed E-state index contributed by atoms with van der Waals surface area (Å²) < 4.78 is 5.42. The molecule has 0 aliphatic carbocycles. The summed E-state index contributed by atoms with van der Waals surface area (Å²) in [7, 11) is 1.53. The highest BCUT2D eigenvalue weighted by Gasteiger charge is 2.45. The maximum absolute atomic E-state index is 13.2. The van der Waals surface area contributed by atoms with Gasteiger partial charge in [-0.3, -0.25) is 19.3 Å². The fraction of sp³-hybridized carbons (Fsp3) is 0.778. The van der Waals surface area contributed by atoms with Gasteiger partial charge in [0.2, 0.25) is 11.8 Å². The van der Waals surface area contributed by atoms with Crippen LogP contribution in [0.1, 0.15) is 47.0 Å². The van der Waals surface area contributed by atoms with Crippen molar-refractivity contribution in [3.8, 4) is 0 Å². The van der Waals surface area contributed by atoms with Crippen LogP contribution in [0.25, 0.3) is 0 Å². The van der Waals surface area contributed by atoms with Gasteiger partial charge in [0.1, 0.15) is 17.7 Å². The molecule has 2 fully saturated rings. The van der Waals surface area contributed by atoms with Crippen LogP contribution in [0.15, 0.2) is 0 Å². The molecule has 3 atom stereocenters. The molecule has 2 aliphatic heterocycles. The van der Waals surface area contributed by atoms with Gasteiger partial charge in [-0.25, -0.2) is 4.79 Å². The molecule has 9 heteroatoms. The largest absolute Gasteiger partial charge is 0.444 e. The van der Waals surface area contributed by atoms with Crippen LogP contribution >= 0.6 is 11.8 Å². The minimum absolute atomic E-state index is 0.0406. The van der Waals surface area contributed by atoms with Gasteiger partial charge in [-0.2, -0.15) is 0 Å². The predicted octanol–water partition coefficient (Wildman–Crippen LogP) is 1.38. The Kier molecular flexibility index (Phi) is 6.77. The first-order chi connectivity index (χ1) is 12.5. The van der Waals surface area contributed by atoms with E-state index in [4.69, 9.17) is 4.74 Å². The Morgan fingerprint density at radius 2 is 1.78 bits per heavy atom. The van der Waals surface area contributed by atoms with Gasteiger partial charge >= 0.3 is 6.09 Å². The summed E-state index contributed by atoms with van der Waals surface area (Å²) in [6.45, 7) is 7.59. The van der Waals surface area contributed by atoms with E-state index in [-0.39, 0.29) is 22.2 Å². The Morgan fingerprint density at radius 1 is 1.11 bits per heavy atom. The zero-order chi connectivity index (χ0) is 20.4. The molecule has 2 aliphatic rings. The standard InChI is InChI=1S/C18H29N3O5S/c1-11(22)27-12-9-14(15(23)19-5)21(10-12)16(24)13-7-6-8-20(13)17(25)26-18(2,3)4/h12-14H,6-10H2,1-5H3,(H,19,23)/t12-,13-,14-/m0/s1. The van der Waals surface area contributed by atoms with Crippen LogP contribution < -0.4 is 5.32 Å². The minimum atomic E-state index is -0.644. The van der Waals surface area contributed by atoms with Crippen molar-refractivity contribution in [2.45, 2.75) is 69.9 Å². The van der Waals surface area contributed by atoms with E-state index in [1.165, 1.54) is 23.8 Å². The lowest BCUT2D eigenvalue weighted by atomic mass is 10.1. The van der Waals surface area contributed by atoms with Gasteiger partial charge in [0.25, 0.3) is 0 Å². The SMILES string of the molecule is CNC(=O)[C@@H]1C[C@H](SC(C)=O)CN1C(=O)[C@@H]1CCCN1C(=O)OC(C)(C)C. The highest BCUT2D eigenvalue weighted by atomic mass is 32.2. The second kappa shape index (κ2) is 8.50. The van der Waals surface area contributed by atoms with E-state index in [2.05, 4.69) is 5.32 Å². The summed E-state index contributed by atoms with van der Waals surface area (Å²) in [5.74, 6) is -0.504. The predicted molar refractivity (Wildman–Crippen MR) is 102 cm³/mol. The number of hydrogen-bond donors (Lipinski definition) is 1. The molecule has 27 heavy (non-hydrogen) atoms. The summed E-state index contributed by atoms with van der Waals surface area (Å²) >= 11 is 1.15. The second-order valence-electron chi connectivity index (χ2n) is 7.92. The lowest BCUT2D eigenvalue weighted by molar-refractivity contribution is -0.141. The molecule has 2 rings (SSSR count). The van der Waals surface area contributed by atoms with E-state index in [1.807, 2.05) is 0 Å². The molecule has 0 aromatic rings. The van der Waals surface area contributed by atoms with Crippen molar-refractivity contribution in [1.82, 2.24) is 15.1 Å². The molecular formula is C18H29N3O5S. The molecule has 0 saturated carbocycles. The average Bonchev–Trinajstić information content (AvgIpc) is 3.18. The number of carbonyl (C=O) groups excluding carboxylic acids is 4. The van der Waals surface area contributed by atoms with Gasteiger partial charge in [-0.05, 0) is 40.0 Å². The van der Waals surface area contributed by atoms with Gasteiger partial charge in [0.05, 0.1) is 0 Å². The molecule has 0 spiro atoms. The third kappa shape index (κ3) is 5.37. The molecule has 152 valence electrons. The van der Waals surface area contributed by atoms with Gasteiger partial charge in [-0.15, -0.1) is 0 Å². The van der Waals surface area contributed by atoms with Crippen molar-refractivity contribution in [2.24, 2.45) is 0 Å². The number of rotatable bonds is 3. The van der Waals surface area contributed by atoms with Gasteiger partial charge < -0.3 is 15.0 Å². The Morgan fingerprint density at radius 3 is 2.33 bits per heavy atom. The first-order valence-electron chi connectivity index (χ1n) is 9.22. The number of ether oxygens (including phenoxy) is 1. The molecule has 2 heterocycles. The maximum atomic E-state index is 13.2. The summed E-state index contributed by atoms with van der Waals surface area (Å²) in [6, 6.07) is -1.26. The Labute approximate surface area is 164 Å². The van der Waals surface area contributed by atoms with Crippen LogP contribution in [0.3, 0.4) is 0 Å². The minimum Gasteiger partial charge on any atom is -0.444 e. The molecule has 2 saturated heterocycles. The Balaban J connectivity index is 2.16. The van der Waals surface area contributed by atoms with Crippen LogP contribution in [-0.2, 0) is 19.1 Å². The van der Waals surface area contributed by atoms with Crippen LogP contribution in [0.5, 0.6) is 0 Å². The van der Waals surface area contributed by atoms with Crippen LogP contribution in [0.4, 0.5) is 4.79 Å². The quantitative estimate of drug-likeness (QED) is 0.770. The van der Waals surface area contributed by atoms with Crippen LogP contribution in [0, 0.1) is 0 Å². The molecule has 0 aromatic heterocycles. The number of likely N-dealkylation sites (N-methyl/N-ethyl adjacent to an activating group) is 1. The van der Waals surface area contributed by atoms with E-state index >= 15 is 0 Å². The lowest BCUT2D eigenvalue weighted by Crippen LogP contribution is -2.53. The smallest absolute Gasteiger partial charge is 0.410 e. The zero-order valence-corrected chi connectivity index (χ0v) is 17.4.